The van der Waals surface area contributed by atoms with Crippen LogP contribution in [-0.2, 0) is 14.3 Å². The molecular weight excluding hydrogens is 300 g/mol. The summed E-state index contributed by atoms with van der Waals surface area (Å²) in [4.78, 5) is 22.8. The van der Waals surface area contributed by atoms with Crippen molar-refractivity contribution in [3.63, 3.8) is 0 Å². The Hall–Kier alpha value is -1.90. The number of rotatable bonds is 14. The Morgan fingerprint density at radius 1 is 0.917 bits per heavy atom. The molecule has 0 saturated carbocycles. The van der Waals surface area contributed by atoms with Gasteiger partial charge in [-0.3, -0.25) is 9.59 Å². The van der Waals surface area contributed by atoms with E-state index in [1.807, 2.05) is 18.2 Å². The molecule has 0 fully saturated rings. The van der Waals surface area contributed by atoms with Crippen LogP contribution in [0.15, 0.2) is 49.1 Å². The van der Waals surface area contributed by atoms with Gasteiger partial charge in [-0.1, -0.05) is 42.5 Å². The maximum Gasteiger partial charge on any atom is 0.316 e. The first-order valence-corrected chi connectivity index (χ1v) is 8.77. The van der Waals surface area contributed by atoms with E-state index in [0.717, 1.165) is 38.5 Å². The van der Waals surface area contributed by atoms with Gasteiger partial charge in [0, 0.05) is 0 Å². The fourth-order valence-electron chi connectivity index (χ4n) is 2.16. The topological polar surface area (TPSA) is 43.4 Å². The molecule has 0 radical (unpaired) electrons. The highest BCUT2D eigenvalue weighted by molar-refractivity contribution is 5.97. The number of Topliss-reactive ketones (excluding diaryl/α,β-unsaturated/α-hetero) is 1. The lowest BCUT2D eigenvalue weighted by atomic mass is 10.0. The summed E-state index contributed by atoms with van der Waals surface area (Å²) in [5.41, 5.74) is 0. The molecule has 0 amide bonds. The van der Waals surface area contributed by atoms with Crippen LogP contribution in [0.5, 0.6) is 0 Å². The molecule has 0 saturated heterocycles. The largest absolute Gasteiger partial charge is 0.468 e. The summed E-state index contributed by atoms with van der Waals surface area (Å²) in [6.07, 6.45) is 22.6. The fourth-order valence-corrected chi connectivity index (χ4v) is 2.16. The minimum absolute atomic E-state index is 0.146. The number of methoxy groups -OCH3 is 1. The molecule has 0 heterocycles. The Balaban J connectivity index is 3.71. The van der Waals surface area contributed by atoms with Crippen molar-refractivity contribution < 1.29 is 14.3 Å². The van der Waals surface area contributed by atoms with Crippen molar-refractivity contribution in [2.45, 2.75) is 58.3 Å². The molecule has 0 aromatic carbocycles. The maximum absolute atomic E-state index is 11.4. The van der Waals surface area contributed by atoms with Gasteiger partial charge < -0.3 is 4.74 Å². The molecule has 0 aromatic rings. The molecule has 0 spiro atoms. The van der Waals surface area contributed by atoms with Crippen LogP contribution in [0.25, 0.3) is 0 Å². The average Bonchev–Trinajstić information content (AvgIpc) is 2.57. The Bertz CT molecular complexity index is 444. The molecule has 3 heteroatoms. The van der Waals surface area contributed by atoms with Crippen LogP contribution >= 0.6 is 0 Å². The highest BCUT2D eigenvalue weighted by Gasteiger charge is 2.22. The van der Waals surface area contributed by atoms with E-state index >= 15 is 0 Å². The molecule has 0 aliphatic rings. The monoisotopic (exact) mass is 332 g/mol. The third kappa shape index (κ3) is 12.6. The molecule has 0 aromatic heterocycles. The number of ketones is 1. The molecule has 3 nitrogen and oxygen atoms in total. The van der Waals surface area contributed by atoms with Gasteiger partial charge in [-0.05, 0) is 58.3 Å². The lowest BCUT2D eigenvalue weighted by Crippen LogP contribution is -2.22. The van der Waals surface area contributed by atoms with Gasteiger partial charge >= 0.3 is 5.97 Å². The zero-order valence-electron chi connectivity index (χ0n) is 15.2. The SMILES string of the molecule is C=CCCC/C=C/C/C=C/CCC/C=C/CC(C(C)=O)C(=O)OC. The van der Waals surface area contributed by atoms with Crippen molar-refractivity contribution in [1.29, 1.82) is 0 Å². The third-order valence-corrected chi connectivity index (χ3v) is 3.64. The summed E-state index contributed by atoms with van der Waals surface area (Å²) < 4.78 is 4.63. The standard InChI is InChI=1S/C21H32O3/c1-4-5-6-7-8-9-10-11-12-13-14-15-16-17-18-20(19(2)22)21(23)24-3/h4,8-9,11-12,16-17,20H,1,5-7,10,13-15,18H2,2-3H3/b9-8+,12-11+,17-16+. The van der Waals surface area contributed by atoms with Crippen LogP contribution in [0.4, 0.5) is 0 Å². The number of hydrogen-bond acceptors (Lipinski definition) is 3. The lowest BCUT2D eigenvalue weighted by Gasteiger charge is -2.07. The second-order valence-corrected chi connectivity index (χ2v) is 5.72. The molecule has 0 N–H and O–H groups in total. The minimum atomic E-state index is -0.663. The van der Waals surface area contributed by atoms with Gasteiger partial charge in [0.2, 0.25) is 0 Å². The van der Waals surface area contributed by atoms with Crippen LogP contribution in [0, 0.1) is 5.92 Å². The molecule has 0 rings (SSSR count). The molecule has 134 valence electrons. The quantitative estimate of drug-likeness (QED) is 0.187. The number of carbonyl (C=O) groups is 2. The van der Waals surface area contributed by atoms with Gasteiger partial charge in [-0.2, -0.15) is 0 Å². The zero-order valence-corrected chi connectivity index (χ0v) is 15.2. The molecule has 24 heavy (non-hydrogen) atoms. The van der Waals surface area contributed by atoms with Crippen LogP contribution in [0.1, 0.15) is 58.3 Å². The molecule has 1 unspecified atom stereocenters. The fraction of sp³-hybridized carbons (Fsp3) is 0.524. The summed E-state index contributed by atoms with van der Waals surface area (Å²) in [5.74, 6) is -1.26. The summed E-state index contributed by atoms with van der Waals surface area (Å²) in [7, 11) is 1.31. The predicted octanol–water partition coefficient (Wildman–Crippen LogP) is 5.34. The van der Waals surface area contributed by atoms with E-state index < -0.39 is 11.9 Å². The Labute approximate surface area is 147 Å². The van der Waals surface area contributed by atoms with Gasteiger partial charge in [0.15, 0.2) is 0 Å². The Morgan fingerprint density at radius 2 is 1.46 bits per heavy atom. The van der Waals surface area contributed by atoms with Gasteiger partial charge in [0.05, 0.1) is 7.11 Å². The summed E-state index contributed by atoms with van der Waals surface area (Å²) in [5, 5.41) is 0. The van der Waals surface area contributed by atoms with Crippen molar-refractivity contribution in [2.75, 3.05) is 7.11 Å². The van der Waals surface area contributed by atoms with E-state index in [4.69, 9.17) is 0 Å². The van der Waals surface area contributed by atoms with Crippen LogP contribution in [-0.4, -0.2) is 18.9 Å². The second-order valence-electron chi connectivity index (χ2n) is 5.72. The molecule has 0 bridgehead atoms. The van der Waals surface area contributed by atoms with E-state index in [0.29, 0.717) is 6.42 Å². The number of ether oxygens (including phenoxy) is 1. The van der Waals surface area contributed by atoms with Crippen LogP contribution < -0.4 is 0 Å². The highest BCUT2D eigenvalue weighted by atomic mass is 16.5. The molecular formula is C21H32O3. The van der Waals surface area contributed by atoms with Crippen molar-refractivity contribution in [2.24, 2.45) is 5.92 Å². The van der Waals surface area contributed by atoms with Gasteiger partial charge in [0.25, 0.3) is 0 Å². The van der Waals surface area contributed by atoms with Gasteiger partial charge in [0.1, 0.15) is 11.7 Å². The maximum atomic E-state index is 11.4. The third-order valence-electron chi connectivity index (χ3n) is 3.64. The lowest BCUT2D eigenvalue weighted by molar-refractivity contribution is -0.148. The predicted molar refractivity (Wildman–Crippen MR) is 101 cm³/mol. The van der Waals surface area contributed by atoms with Gasteiger partial charge in [-0.15, -0.1) is 6.58 Å². The zero-order chi connectivity index (χ0) is 18.0. The summed E-state index contributed by atoms with van der Waals surface area (Å²) in [6, 6.07) is 0. The average molecular weight is 332 g/mol. The normalized spacial score (nSPS) is 12.9. The first kappa shape index (κ1) is 22.1. The number of carbonyl (C=O) groups excluding carboxylic acids is 2. The van der Waals surface area contributed by atoms with E-state index in [2.05, 4.69) is 35.6 Å². The molecule has 1 atom stereocenters. The smallest absolute Gasteiger partial charge is 0.316 e. The van der Waals surface area contributed by atoms with Crippen molar-refractivity contribution >= 4 is 11.8 Å². The first-order valence-electron chi connectivity index (χ1n) is 8.77. The van der Waals surface area contributed by atoms with E-state index in [-0.39, 0.29) is 5.78 Å². The number of allylic oxidation sites excluding steroid dienone is 7. The summed E-state index contributed by atoms with van der Waals surface area (Å²) in [6.45, 7) is 5.13. The molecule has 0 aliphatic heterocycles. The van der Waals surface area contributed by atoms with E-state index in [1.165, 1.54) is 20.5 Å². The number of hydrogen-bond donors (Lipinski definition) is 0. The second kappa shape index (κ2) is 16.0. The van der Waals surface area contributed by atoms with E-state index in [9.17, 15) is 9.59 Å². The number of esters is 1. The van der Waals surface area contributed by atoms with Crippen LogP contribution in [0.2, 0.25) is 0 Å². The number of unbranched alkanes of at least 4 members (excludes halogenated alkanes) is 4. The van der Waals surface area contributed by atoms with Crippen molar-refractivity contribution in [1.82, 2.24) is 0 Å². The van der Waals surface area contributed by atoms with Crippen molar-refractivity contribution in [3.05, 3.63) is 49.1 Å². The van der Waals surface area contributed by atoms with Crippen molar-refractivity contribution in [3.8, 4) is 0 Å². The Morgan fingerprint density at radius 3 is 1.96 bits per heavy atom. The summed E-state index contributed by atoms with van der Waals surface area (Å²) >= 11 is 0. The highest BCUT2D eigenvalue weighted by Crippen LogP contribution is 2.09. The first-order chi connectivity index (χ1) is 11.6. The van der Waals surface area contributed by atoms with Gasteiger partial charge in [-0.25, -0.2) is 0 Å². The van der Waals surface area contributed by atoms with Crippen LogP contribution in [0.3, 0.4) is 0 Å². The van der Waals surface area contributed by atoms with E-state index in [1.54, 1.807) is 0 Å². The Kier molecular flexibility index (Phi) is 14.7. The molecule has 0 aliphatic carbocycles. The minimum Gasteiger partial charge on any atom is -0.468 e.